The lowest BCUT2D eigenvalue weighted by atomic mass is 10.3. The summed E-state index contributed by atoms with van der Waals surface area (Å²) in [4.78, 5) is 13.7. The van der Waals surface area contributed by atoms with Gasteiger partial charge in [0.15, 0.2) is 11.2 Å². The van der Waals surface area contributed by atoms with Crippen molar-refractivity contribution in [2.75, 3.05) is 6.26 Å². The van der Waals surface area contributed by atoms with E-state index in [1.165, 1.54) is 0 Å². The first-order valence-corrected chi connectivity index (χ1v) is 6.30. The molecule has 0 aliphatic carbocycles. The highest BCUT2D eigenvalue weighted by atomic mass is 32.2. The van der Waals surface area contributed by atoms with E-state index in [1.807, 2.05) is 30.7 Å². The van der Waals surface area contributed by atoms with E-state index in [0.717, 1.165) is 10.5 Å². The Morgan fingerprint density at radius 1 is 1.29 bits per heavy atom. The van der Waals surface area contributed by atoms with E-state index in [-0.39, 0.29) is 0 Å². The molecule has 0 aliphatic rings. The van der Waals surface area contributed by atoms with E-state index < -0.39 is 0 Å². The molecule has 5 heteroatoms. The number of hydrogen-bond donors (Lipinski definition) is 0. The van der Waals surface area contributed by atoms with Crippen LogP contribution in [0.5, 0.6) is 0 Å². The van der Waals surface area contributed by atoms with Crippen LogP contribution in [-0.4, -0.2) is 21.2 Å². The van der Waals surface area contributed by atoms with Crippen LogP contribution in [0.3, 0.4) is 0 Å². The highest BCUT2D eigenvalue weighted by Gasteiger charge is 2.09. The van der Waals surface area contributed by atoms with Crippen molar-refractivity contribution in [2.24, 2.45) is 0 Å². The second-order valence-electron chi connectivity index (χ2n) is 3.46. The molecule has 3 heterocycles. The summed E-state index contributed by atoms with van der Waals surface area (Å²) in [5.41, 5.74) is 2.18. The Kier molecular flexibility index (Phi) is 2.53. The third kappa shape index (κ3) is 1.89. The third-order valence-electron chi connectivity index (χ3n) is 2.36. The van der Waals surface area contributed by atoms with Crippen LogP contribution in [0, 0.1) is 0 Å². The van der Waals surface area contributed by atoms with E-state index in [1.54, 1.807) is 24.2 Å². The van der Waals surface area contributed by atoms with Crippen LogP contribution >= 0.6 is 11.8 Å². The average Bonchev–Trinajstić information content (AvgIpc) is 2.82. The molecule has 0 spiro atoms. The molecule has 0 aliphatic heterocycles. The molecule has 0 unspecified atom stereocenters. The second-order valence-corrected chi connectivity index (χ2v) is 4.34. The third-order valence-corrected chi connectivity index (χ3v) is 3.06. The average molecular weight is 243 g/mol. The molecular formula is C12H9N3OS. The summed E-state index contributed by atoms with van der Waals surface area (Å²) in [6.07, 6.45) is 7.26. The van der Waals surface area contributed by atoms with Crippen LogP contribution in [0.1, 0.15) is 0 Å². The molecule has 0 bridgehead atoms. The zero-order valence-electron chi connectivity index (χ0n) is 9.12. The fourth-order valence-corrected chi connectivity index (χ4v) is 1.95. The number of aromatic nitrogens is 3. The van der Waals surface area contributed by atoms with Crippen molar-refractivity contribution >= 4 is 23.0 Å². The van der Waals surface area contributed by atoms with Gasteiger partial charge in [0, 0.05) is 23.5 Å². The standard InChI is InChI=1S/C12H9N3OS/c1-17-9-5-8(6-13-7-9)12-15-11-10(16-12)3-2-4-14-11/h2-7H,1H3. The molecule has 0 N–H and O–H groups in total. The molecule has 3 rings (SSSR count). The molecule has 3 aromatic heterocycles. The fourth-order valence-electron chi connectivity index (χ4n) is 1.54. The summed E-state index contributed by atoms with van der Waals surface area (Å²) >= 11 is 1.64. The maximum Gasteiger partial charge on any atom is 0.230 e. The minimum atomic E-state index is 0.558. The van der Waals surface area contributed by atoms with Crippen molar-refractivity contribution in [2.45, 2.75) is 4.90 Å². The number of fused-ring (bicyclic) bond motifs is 1. The number of rotatable bonds is 2. The molecule has 3 aromatic rings. The van der Waals surface area contributed by atoms with Crippen molar-refractivity contribution < 1.29 is 4.42 Å². The number of oxazole rings is 1. The predicted octanol–water partition coefficient (Wildman–Crippen LogP) is 3.01. The van der Waals surface area contributed by atoms with Crippen molar-refractivity contribution in [1.29, 1.82) is 0 Å². The maximum atomic E-state index is 5.63. The number of hydrogen-bond acceptors (Lipinski definition) is 5. The van der Waals surface area contributed by atoms with Crippen LogP contribution < -0.4 is 0 Å². The van der Waals surface area contributed by atoms with Crippen molar-refractivity contribution in [3.8, 4) is 11.5 Å². The van der Waals surface area contributed by atoms with Gasteiger partial charge in [-0.3, -0.25) is 4.98 Å². The van der Waals surface area contributed by atoms with Crippen molar-refractivity contribution in [3.63, 3.8) is 0 Å². The lowest BCUT2D eigenvalue weighted by Crippen LogP contribution is -1.81. The van der Waals surface area contributed by atoms with Crippen molar-refractivity contribution in [1.82, 2.24) is 15.0 Å². The molecule has 84 valence electrons. The highest BCUT2D eigenvalue weighted by molar-refractivity contribution is 7.98. The van der Waals surface area contributed by atoms with Gasteiger partial charge in [-0.1, -0.05) is 0 Å². The molecule has 0 radical (unpaired) electrons. The molecule has 0 aromatic carbocycles. The first kappa shape index (κ1) is 10.3. The summed E-state index contributed by atoms with van der Waals surface area (Å²) in [5.74, 6) is 0.558. The quantitative estimate of drug-likeness (QED) is 0.647. The molecule has 0 fully saturated rings. The van der Waals surface area contributed by atoms with E-state index >= 15 is 0 Å². The van der Waals surface area contributed by atoms with Crippen LogP contribution in [0.4, 0.5) is 0 Å². The lowest BCUT2D eigenvalue weighted by molar-refractivity contribution is 0.619. The largest absolute Gasteiger partial charge is 0.434 e. The Bertz CT molecular complexity index is 632. The zero-order valence-corrected chi connectivity index (χ0v) is 9.94. The highest BCUT2D eigenvalue weighted by Crippen LogP contribution is 2.25. The molecule has 17 heavy (non-hydrogen) atoms. The Morgan fingerprint density at radius 2 is 2.24 bits per heavy atom. The summed E-state index contributed by atoms with van der Waals surface area (Å²) in [5, 5.41) is 0. The lowest BCUT2D eigenvalue weighted by Gasteiger charge is -1.97. The van der Waals surface area contributed by atoms with Gasteiger partial charge in [-0.2, -0.15) is 4.98 Å². The van der Waals surface area contributed by atoms with Crippen LogP contribution in [0.15, 0.2) is 46.1 Å². The van der Waals surface area contributed by atoms with Crippen molar-refractivity contribution in [3.05, 3.63) is 36.8 Å². The number of pyridine rings is 2. The van der Waals surface area contributed by atoms with Gasteiger partial charge in [0.05, 0.1) is 5.56 Å². The second kappa shape index (κ2) is 4.18. The minimum Gasteiger partial charge on any atom is -0.434 e. The predicted molar refractivity (Wildman–Crippen MR) is 66.8 cm³/mol. The Hall–Kier alpha value is -1.88. The Labute approximate surface area is 102 Å². The van der Waals surface area contributed by atoms with Gasteiger partial charge < -0.3 is 4.42 Å². The normalized spacial score (nSPS) is 10.9. The number of thioether (sulfide) groups is 1. The van der Waals surface area contributed by atoms with Crippen LogP contribution in [0.2, 0.25) is 0 Å². The first-order chi connectivity index (χ1) is 8.36. The smallest absolute Gasteiger partial charge is 0.230 e. The molecule has 0 saturated carbocycles. The topological polar surface area (TPSA) is 51.8 Å². The van der Waals surface area contributed by atoms with Gasteiger partial charge in [-0.05, 0) is 24.5 Å². The Morgan fingerprint density at radius 3 is 3.06 bits per heavy atom. The summed E-state index contributed by atoms with van der Waals surface area (Å²) < 4.78 is 5.63. The fraction of sp³-hybridized carbons (Fsp3) is 0.0833. The molecular weight excluding hydrogens is 234 g/mol. The molecule has 0 saturated heterocycles. The molecule has 0 amide bonds. The van der Waals surface area contributed by atoms with Gasteiger partial charge in [-0.15, -0.1) is 11.8 Å². The minimum absolute atomic E-state index is 0.558. The van der Waals surface area contributed by atoms with Crippen LogP contribution in [-0.2, 0) is 0 Å². The van der Waals surface area contributed by atoms with Gasteiger partial charge in [0.25, 0.3) is 0 Å². The molecule has 4 nitrogen and oxygen atoms in total. The summed E-state index contributed by atoms with van der Waals surface area (Å²) in [6, 6.07) is 5.68. The monoisotopic (exact) mass is 243 g/mol. The van der Waals surface area contributed by atoms with E-state index in [4.69, 9.17) is 4.42 Å². The Balaban J connectivity index is 2.13. The van der Waals surface area contributed by atoms with E-state index in [2.05, 4.69) is 15.0 Å². The van der Waals surface area contributed by atoms with E-state index in [0.29, 0.717) is 17.1 Å². The van der Waals surface area contributed by atoms with Gasteiger partial charge >= 0.3 is 0 Å². The first-order valence-electron chi connectivity index (χ1n) is 5.08. The van der Waals surface area contributed by atoms with E-state index in [9.17, 15) is 0 Å². The van der Waals surface area contributed by atoms with Gasteiger partial charge in [0.1, 0.15) is 0 Å². The summed E-state index contributed by atoms with van der Waals surface area (Å²) in [7, 11) is 0. The van der Waals surface area contributed by atoms with Gasteiger partial charge in [0.2, 0.25) is 5.89 Å². The maximum absolute atomic E-state index is 5.63. The van der Waals surface area contributed by atoms with Crippen LogP contribution in [0.25, 0.3) is 22.7 Å². The molecule has 0 atom stereocenters. The van der Waals surface area contributed by atoms with Gasteiger partial charge in [-0.25, -0.2) is 4.98 Å². The zero-order chi connectivity index (χ0) is 11.7. The SMILES string of the molecule is CSc1cncc(-c2nc3ncccc3o2)c1. The summed E-state index contributed by atoms with van der Waals surface area (Å²) in [6.45, 7) is 0. The number of nitrogens with zero attached hydrogens (tertiary/aromatic N) is 3.